The topological polar surface area (TPSA) is 58.2 Å². The first kappa shape index (κ1) is 14.2. The first-order valence-electron chi connectivity index (χ1n) is 6.13. The van der Waals surface area contributed by atoms with Gasteiger partial charge in [-0.2, -0.15) is 0 Å². The summed E-state index contributed by atoms with van der Waals surface area (Å²) in [6.45, 7) is 3.49. The van der Waals surface area contributed by atoms with Crippen molar-refractivity contribution in [3.05, 3.63) is 41.2 Å². The predicted octanol–water partition coefficient (Wildman–Crippen LogP) is 1.33. The molecule has 0 aliphatic carbocycles. The van der Waals surface area contributed by atoms with Crippen LogP contribution in [0, 0.1) is 12.7 Å². The Labute approximate surface area is 112 Å². The molecule has 19 heavy (non-hydrogen) atoms. The van der Waals surface area contributed by atoms with E-state index in [1.165, 1.54) is 18.2 Å². The highest BCUT2D eigenvalue weighted by molar-refractivity contribution is 7.89. The molecule has 0 bridgehead atoms. The number of aryl methyl sites for hydroxylation is 1. The summed E-state index contributed by atoms with van der Waals surface area (Å²) in [7, 11) is -3.58. The van der Waals surface area contributed by atoms with E-state index in [-0.39, 0.29) is 4.90 Å². The van der Waals surface area contributed by atoms with Crippen molar-refractivity contribution in [3.63, 3.8) is 0 Å². The Hall–Kier alpha value is -1.24. The number of hydrogen-bond donors (Lipinski definition) is 2. The van der Waals surface area contributed by atoms with Crippen LogP contribution >= 0.6 is 0 Å². The minimum atomic E-state index is -3.58. The Morgan fingerprint density at radius 1 is 1.42 bits per heavy atom. The van der Waals surface area contributed by atoms with Crippen molar-refractivity contribution >= 4 is 10.0 Å². The monoisotopic (exact) mass is 284 g/mol. The fourth-order valence-electron chi connectivity index (χ4n) is 1.89. The van der Waals surface area contributed by atoms with Gasteiger partial charge in [0.2, 0.25) is 10.0 Å². The van der Waals surface area contributed by atoms with E-state index in [9.17, 15) is 12.8 Å². The van der Waals surface area contributed by atoms with E-state index in [0.29, 0.717) is 12.1 Å². The van der Waals surface area contributed by atoms with Crippen LogP contribution in [0.25, 0.3) is 0 Å². The van der Waals surface area contributed by atoms with Crippen molar-refractivity contribution in [1.82, 2.24) is 10.0 Å². The van der Waals surface area contributed by atoms with Crippen molar-refractivity contribution in [1.29, 1.82) is 0 Å². The van der Waals surface area contributed by atoms with Gasteiger partial charge in [-0.25, -0.2) is 17.5 Å². The number of halogens is 1. The Morgan fingerprint density at radius 2 is 2.21 bits per heavy atom. The lowest BCUT2D eigenvalue weighted by molar-refractivity contribution is 0.580. The third-order valence-electron chi connectivity index (χ3n) is 3.09. The highest BCUT2D eigenvalue weighted by Gasteiger charge is 2.15. The van der Waals surface area contributed by atoms with Crippen molar-refractivity contribution in [2.45, 2.75) is 18.2 Å². The maximum absolute atomic E-state index is 13.1. The summed E-state index contributed by atoms with van der Waals surface area (Å²) >= 11 is 0. The van der Waals surface area contributed by atoms with Gasteiger partial charge in [-0.3, -0.25) is 0 Å². The molecule has 0 atom stereocenters. The van der Waals surface area contributed by atoms with Gasteiger partial charge >= 0.3 is 0 Å². The van der Waals surface area contributed by atoms with Gasteiger partial charge in [0, 0.05) is 13.1 Å². The first-order chi connectivity index (χ1) is 8.99. The lowest BCUT2D eigenvalue weighted by atomic mass is 10.1. The van der Waals surface area contributed by atoms with Gasteiger partial charge in [0.1, 0.15) is 5.82 Å². The summed E-state index contributed by atoms with van der Waals surface area (Å²) < 4.78 is 39.8. The molecule has 0 spiro atoms. The fraction of sp³-hybridized carbons (Fsp3) is 0.385. The van der Waals surface area contributed by atoms with E-state index in [2.05, 4.69) is 10.0 Å². The van der Waals surface area contributed by atoms with Crippen molar-refractivity contribution in [2.75, 3.05) is 19.6 Å². The molecule has 0 amide bonds. The molecule has 104 valence electrons. The van der Waals surface area contributed by atoms with Crippen LogP contribution < -0.4 is 10.0 Å². The number of hydrogen-bond acceptors (Lipinski definition) is 3. The lowest BCUT2D eigenvalue weighted by Gasteiger charge is -2.15. The van der Waals surface area contributed by atoms with E-state index < -0.39 is 15.8 Å². The molecule has 1 aromatic carbocycles. The Morgan fingerprint density at radius 3 is 2.84 bits per heavy atom. The zero-order chi connectivity index (χ0) is 13.9. The van der Waals surface area contributed by atoms with Crippen LogP contribution in [0.15, 0.2) is 34.7 Å². The van der Waals surface area contributed by atoms with E-state index in [1.54, 1.807) is 6.92 Å². The van der Waals surface area contributed by atoms with Gasteiger partial charge in [0.05, 0.1) is 4.90 Å². The normalized spacial score (nSPS) is 16.2. The van der Waals surface area contributed by atoms with Crippen LogP contribution in [0.3, 0.4) is 0 Å². The second-order valence-corrected chi connectivity index (χ2v) is 6.32. The van der Waals surface area contributed by atoms with Gasteiger partial charge in [0.15, 0.2) is 0 Å². The highest BCUT2D eigenvalue weighted by Crippen LogP contribution is 2.14. The Kier molecular flexibility index (Phi) is 4.34. The van der Waals surface area contributed by atoms with Crippen molar-refractivity contribution < 1.29 is 12.8 Å². The summed E-state index contributed by atoms with van der Waals surface area (Å²) in [6.07, 6.45) is 2.83. The largest absolute Gasteiger partial charge is 0.313 e. The van der Waals surface area contributed by atoms with Crippen LogP contribution in [0.2, 0.25) is 0 Å². The molecule has 2 N–H and O–H groups in total. The molecule has 6 heteroatoms. The highest BCUT2D eigenvalue weighted by atomic mass is 32.2. The molecule has 2 rings (SSSR count). The standard InChI is InChI=1S/C13H17FN2O2S/c1-10-8-12(2-3-13(10)14)19(17,18)16-9-11-4-6-15-7-5-11/h2-4,8,15-16H,5-7,9H2,1H3. The van der Waals surface area contributed by atoms with E-state index in [1.807, 2.05) is 6.08 Å². The SMILES string of the molecule is Cc1cc(S(=O)(=O)NCC2=CCNCC2)ccc1F. The van der Waals surface area contributed by atoms with E-state index >= 15 is 0 Å². The Balaban J connectivity index is 2.09. The molecule has 1 aromatic rings. The molecular weight excluding hydrogens is 267 g/mol. The molecule has 0 unspecified atom stereocenters. The fourth-order valence-corrected chi connectivity index (χ4v) is 3.01. The third-order valence-corrected chi connectivity index (χ3v) is 4.49. The molecule has 1 aliphatic heterocycles. The molecule has 1 heterocycles. The summed E-state index contributed by atoms with van der Waals surface area (Å²) in [5.41, 5.74) is 1.39. The zero-order valence-electron chi connectivity index (χ0n) is 10.7. The Bertz CT molecular complexity index is 597. The number of nitrogens with one attached hydrogen (secondary N) is 2. The molecule has 1 aliphatic rings. The third kappa shape index (κ3) is 3.62. The summed E-state index contributed by atoms with van der Waals surface area (Å²) in [4.78, 5) is 0.0981. The van der Waals surface area contributed by atoms with Crippen molar-refractivity contribution in [3.8, 4) is 0 Å². The molecule has 4 nitrogen and oxygen atoms in total. The molecule has 0 aromatic heterocycles. The quantitative estimate of drug-likeness (QED) is 0.820. The van der Waals surface area contributed by atoms with Crippen LogP contribution in [-0.2, 0) is 10.0 Å². The van der Waals surface area contributed by atoms with E-state index in [0.717, 1.165) is 25.1 Å². The van der Waals surface area contributed by atoms with Crippen LogP contribution in [-0.4, -0.2) is 28.1 Å². The van der Waals surface area contributed by atoms with Crippen LogP contribution in [0.5, 0.6) is 0 Å². The summed E-state index contributed by atoms with van der Waals surface area (Å²) in [5.74, 6) is -0.403. The smallest absolute Gasteiger partial charge is 0.240 e. The second-order valence-electron chi connectivity index (χ2n) is 4.55. The van der Waals surface area contributed by atoms with Gasteiger partial charge < -0.3 is 5.32 Å². The lowest BCUT2D eigenvalue weighted by Crippen LogP contribution is -2.29. The van der Waals surface area contributed by atoms with Gasteiger partial charge in [0.25, 0.3) is 0 Å². The van der Waals surface area contributed by atoms with Gasteiger partial charge in [-0.15, -0.1) is 0 Å². The molecule has 0 radical (unpaired) electrons. The maximum atomic E-state index is 13.1. The van der Waals surface area contributed by atoms with Crippen LogP contribution in [0.1, 0.15) is 12.0 Å². The molecule has 0 fully saturated rings. The minimum absolute atomic E-state index is 0.0981. The summed E-state index contributed by atoms with van der Waals surface area (Å²) in [5, 5.41) is 3.16. The number of rotatable bonds is 4. The first-order valence-corrected chi connectivity index (χ1v) is 7.62. The zero-order valence-corrected chi connectivity index (χ0v) is 11.6. The predicted molar refractivity (Wildman–Crippen MR) is 71.9 cm³/mol. The van der Waals surface area contributed by atoms with Gasteiger partial charge in [-0.1, -0.05) is 11.6 Å². The second kappa shape index (κ2) is 5.81. The average molecular weight is 284 g/mol. The molecule has 0 saturated heterocycles. The average Bonchev–Trinajstić information content (AvgIpc) is 2.41. The molecule has 0 saturated carbocycles. The number of benzene rings is 1. The van der Waals surface area contributed by atoms with Crippen molar-refractivity contribution in [2.24, 2.45) is 0 Å². The van der Waals surface area contributed by atoms with E-state index in [4.69, 9.17) is 0 Å². The molecular formula is C13H17FN2O2S. The number of sulfonamides is 1. The van der Waals surface area contributed by atoms with Crippen LogP contribution in [0.4, 0.5) is 4.39 Å². The van der Waals surface area contributed by atoms with Gasteiger partial charge in [-0.05, 0) is 43.7 Å². The minimum Gasteiger partial charge on any atom is -0.313 e. The maximum Gasteiger partial charge on any atom is 0.240 e. The summed E-state index contributed by atoms with van der Waals surface area (Å²) in [6, 6.07) is 3.80.